The molecule has 5 nitrogen and oxygen atoms in total. The van der Waals surface area contributed by atoms with Crippen LogP contribution in [0.5, 0.6) is 5.88 Å². The molecule has 1 heterocycles. The van der Waals surface area contributed by atoms with Crippen LogP contribution in [0.2, 0.25) is 0 Å². The average Bonchev–Trinajstić information content (AvgIpc) is 2.29. The van der Waals surface area contributed by atoms with Gasteiger partial charge in [0.25, 0.3) is 0 Å². The molecule has 0 aliphatic rings. The van der Waals surface area contributed by atoms with E-state index < -0.39 is 0 Å². The zero-order chi connectivity index (χ0) is 11.8. The third-order valence-corrected chi connectivity index (χ3v) is 2.21. The molecule has 1 rings (SSSR count). The van der Waals surface area contributed by atoms with Crippen molar-refractivity contribution in [2.45, 2.75) is 32.7 Å². The van der Waals surface area contributed by atoms with Gasteiger partial charge in [0.05, 0.1) is 6.61 Å². The van der Waals surface area contributed by atoms with Gasteiger partial charge in [0.1, 0.15) is 12.1 Å². The molecule has 0 saturated carbocycles. The van der Waals surface area contributed by atoms with E-state index in [1.165, 1.54) is 6.33 Å². The van der Waals surface area contributed by atoms with Crippen LogP contribution in [0, 0.1) is 0 Å². The lowest BCUT2D eigenvalue weighted by atomic mass is 10.2. The fraction of sp³-hybridized carbons (Fsp3) is 0.636. The van der Waals surface area contributed by atoms with Gasteiger partial charge in [-0.25, -0.2) is 9.97 Å². The second-order valence-electron chi connectivity index (χ2n) is 3.54. The monoisotopic (exact) mass is 224 g/mol. The van der Waals surface area contributed by atoms with Gasteiger partial charge in [0.15, 0.2) is 0 Å². The van der Waals surface area contributed by atoms with Gasteiger partial charge in [0.2, 0.25) is 5.88 Å². The van der Waals surface area contributed by atoms with Crippen molar-refractivity contribution in [2.75, 3.05) is 18.5 Å². The number of ether oxygens (including phenoxy) is 1. The van der Waals surface area contributed by atoms with Crippen molar-refractivity contribution in [2.24, 2.45) is 5.73 Å². The Bertz CT molecular complexity index is 306. The predicted molar refractivity (Wildman–Crippen MR) is 64.6 cm³/mol. The summed E-state index contributed by atoms with van der Waals surface area (Å²) in [5, 5.41) is 3.27. The SMILES string of the molecule is CCCC(CN)Nc1cc(OCC)ncn1. The highest BCUT2D eigenvalue weighted by Gasteiger charge is 2.06. The maximum Gasteiger partial charge on any atom is 0.218 e. The largest absolute Gasteiger partial charge is 0.478 e. The van der Waals surface area contributed by atoms with Crippen LogP contribution in [-0.2, 0) is 0 Å². The number of nitrogens with zero attached hydrogens (tertiary/aromatic N) is 2. The van der Waals surface area contributed by atoms with Gasteiger partial charge >= 0.3 is 0 Å². The van der Waals surface area contributed by atoms with E-state index in [2.05, 4.69) is 22.2 Å². The van der Waals surface area contributed by atoms with Gasteiger partial charge in [-0.3, -0.25) is 0 Å². The molecule has 0 fully saturated rings. The topological polar surface area (TPSA) is 73.1 Å². The molecule has 1 aromatic heterocycles. The summed E-state index contributed by atoms with van der Waals surface area (Å²) in [4.78, 5) is 8.14. The molecule has 0 spiro atoms. The molecule has 5 heteroatoms. The molecule has 0 aromatic carbocycles. The summed E-state index contributed by atoms with van der Waals surface area (Å²) in [5.41, 5.74) is 5.67. The Labute approximate surface area is 96.4 Å². The average molecular weight is 224 g/mol. The Morgan fingerprint density at radius 2 is 2.25 bits per heavy atom. The van der Waals surface area contributed by atoms with Gasteiger partial charge in [-0.15, -0.1) is 0 Å². The summed E-state index contributed by atoms with van der Waals surface area (Å²) in [5.74, 6) is 1.36. The Morgan fingerprint density at radius 3 is 2.88 bits per heavy atom. The van der Waals surface area contributed by atoms with E-state index in [9.17, 15) is 0 Å². The lowest BCUT2D eigenvalue weighted by Crippen LogP contribution is -2.29. The molecule has 16 heavy (non-hydrogen) atoms. The molecule has 0 bridgehead atoms. The minimum atomic E-state index is 0.259. The second kappa shape index (κ2) is 7.00. The fourth-order valence-electron chi connectivity index (χ4n) is 1.45. The molecule has 1 atom stereocenters. The minimum absolute atomic E-state index is 0.259. The van der Waals surface area contributed by atoms with Crippen LogP contribution in [0.15, 0.2) is 12.4 Å². The van der Waals surface area contributed by atoms with Crippen LogP contribution >= 0.6 is 0 Å². The number of nitrogens with two attached hydrogens (primary N) is 1. The van der Waals surface area contributed by atoms with E-state index in [0.29, 0.717) is 19.0 Å². The maximum atomic E-state index is 5.67. The number of hydrogen-bond acceptors (Lipinski definition) is 5. The van der Waals surface area contributed by atoms with E-state index >= 15 is 0 Å². The molecular weight excluding hydrogens is 204 g/mol. The van der Waals surface area contributed by atoms with Crippen molar-refractivity contribution in [3.05, 3.63) is 12.4 Å². The molecule has 0 aliphatic heterocycles. The van der Waals surface area contributed by atoms with E-state index in [0.717, 1.165) is 18.7 Å². The van der Waals surface area contributed by atoms with Crippen molar-refractivity contribution in [1.82, 2.24) is 9.97 Å². The third kappa shape index (κ3) is 4.02. The van der Waals surface area contributed by atoms with Crippen LogP contribution < -0.4 is 15.8 Å². The smallest absolute Gasteiger partial charge is 0.218 e. The zero-order valence-electron chi connectivity index (χ0n) is 9.94. The number of rotatable bonds is 7. The summed E-state index contributed by atoms with van der Waals surface area (Å²) >= 11 is 0. The molecule has 0 radical (unpaired) electrons. The first kappa shape index (κ1) is 12.7. The van der Waals surface area contributed by atoms with Crippen molar-refractivity contribution < 1.29 is 4.74 Å². The number of nitrogens with one attached hydrogen (secondary N) is 1. The number of hydrogen-bond donors (Lipinski definition) is 2. The van der Waals surface area contributed by atoms with Crippen molar-refractivity contribution in [1.29, 1.82) is 0 Å². The Hall–Kier alpha value is -1.36. The predicted octanol–water partition coefficient (Wildman–Crippen LogP) is 1.41. The highest BCUT2D eigenvalue weighted by molar-refractivity contribution is 5.38. The minimum Gasteiger partial charge on any atom is -0.478 e. The summed E-state index contributed by atoms with van der Waals surface area (Å²) < 4.78 is 5.30. The first-order valence-corrected chi connectivity index (χ1v) is 5.71. The Morgan fingerprint density at radius 1 is 1.44 bits per heavy atom. The van der Waals surface area contributed by atoms with E-state index in [1.807, 2.05) is 6.92 Å². The van der Waals surface area contributed by atoms with Crippen molar-refractivity contribution in [3.8, 4) is 5.88 Å². The van der Waals surface area contributed by atoms with Gasteiger partial charge < -0.3 is 15.8 Å². The maximum absolute atomic E-state index is 5.67. The summed E-state index contributed by atoms with van der Waals surface area (Å²) in [6.45, 7) is 5.26. The van der Waals surface area contributed by atoms with Crippen molar-refractivity contribution >= 4 is 5.82 Å². The number of anilines is 1. The van der Waals surface area contributed by atoms with Crippen LogP contribution in [0.1, 0.15) is 26.7 Å². The Balaban J connectivity index is 2.60. The summed E-state index contributed by atoms with van der Waals surface area (Å²) in [7, 11) is 0. The van der Waals surface area contributed by atoms with Gasteiger partial charge in [-0.2, -0.15) is 0 Å². The molecule has 1 aromatic rings. The lowest BCUT2D eigenvalue weighted by Gasteiger charge is -2.16. The molecule has 3 N–H and O–H groups in total. The first-order chi connectivity index (χ1) is 7.80. The zero-order valence-corrected chi connectivity index (χ0v) is 9.94. The normalized spacial score (nSPS) is 12.2. The lowest BCUT2D eigenvalue weighted by molar-refractivity contribution is 0.326. The molecule has 90 valence electrons. The first-order valence-electron chi connectivity index (χ1n) is 5.71. The van der Waals surface area contributed by atoms with Crippen LogP contribution in [0.4, 0.5) is 5.82 Å². The van der Waals surface area contributed by atoms with Crippen LogP contribution in [0.25, 0.3) is 0 Å². The summed E-state index contributed by atoms with van der Waals surface area (Å²) in [6, 6.07) is 2.05. The molecule has 1 unspecified atom stereocenters. The molecule has 0 amide bonds. The quantitative estimate of drug-likeness (QED) is 0.732. The molecular formula is C11H20N4O. The van der Waals surface area contributed by atoms with E-state index in [1.54, 1.807) is 6.07 Å². The summed E-state index contributed by atoms with van der Waals surface area (Å²) in [6.07, 6.45) is 3.62. The highest BCUT2D eigenvalue weighted by atomic mass is 16.5. The van der Waals surface area contributed by atoms with E-state index in [-0.39, 0.29) is 6.04 Å². The molecule has 0 aliphatic carbocycles. The van der Waals surface area contributed by atoms with Crippen LogP contribution in [-0.4, -0.2) is 29.2 Å². The van der Waals surface area contributed by atoms with Crippen LogP contribution in [0.3, 0.4) is 0 Å². The van der Waals surface area contributed by atoms with Gasteiger partial charge in [0, 0.05) is 18.7 Å². The van der Waals surface area contributed by atoms with Crippen molar-refractivity contribution in [3.63, 3.8) is 0 Å². The third-order valence-electron chi connectivity index (χ3n) is 2.21. The second-order valence-corrected chi connectivity index (χ2v) is 3.54. The molecule has 0 saturated heterocycles. The standard InChI is InChI=1S/C11H20N4O/c1-3-5-9(7-12)15-10-6-11(16-4-2)14-8-13-10/h6,8-9H,3-5,7,12H2,1-2H3,(H,13,14,15). The fourth-order valence-corrected chi connectivity index (χ4v) is 1.45. The Kier molecular flexibility index (Phi) is 5.56. The van der Waals surface area contributed by atoms with Gasteiger partial charge in [-0.1, -0.05) is 13.3 Å². The van der Waals surface area contributed by atoms with Gasteiger partial charge in [-0.05, 0) is 13.3 Å². The number of aromatic nitrogens is 2. The van der Waals surface area contributed by atoms with E-state index in [4.69, 9.17) is 10.5 Å². The highest BCUT2D eigenvalue weighted by Crippen LogP contribution is 2.12.